The largest absolute Gasteiger partial charge is 0.394 e. The van der Waals surface area contributed by atoms with E-state index < -0.39 is 12.1 Å². The highest BCUT2D eigenvalue weighted by atomic mass is 19.4. The van der Waals surface area contributed by atoms with E-state index in [0.29, 0.717) is 0 Å². The molecule has 0 aliphatic carbocycles. The smallest absolute Gasteiger partial charge is 0.170 e. The maximum absolute atomic E-state index is 11.9. The van der Waals surface area contributed by atoms with E-state index in [9.17, 15) is 13.2 Å². The molecule has 0 nitrogen and oxygen atoms in total. The zero-order valence-electron chi connectivity index (χ0n) is 7.44. The van der Waals surface area contributed by atoms with Gasteiger partial charge in [-0.15, -0.1) is 0 Å². The summed E-state index contributed by atoms with van der Waals surface area (Å²) < 4.78 is 35.7. The van der Waals surface area contributed by atoms with E-state index in [0.717, 1.165) is 18.6 Å². The molecular weight excluding hydrogens is 165 g/mol. The molecule has 0 aromatic heterocycles. The van der Waals surface area contributed by atoms with Crippen molar-refractivity contribution in [3.63, 3.8) is 0 Å². The van der Waals surface area contributed by atoms with Gasteiger partial charge in [0.25, 0.3) is 0 Å². The van der Waals surface area contributed by atoms with Crippen LogP contribution in [0.5, 0.6) is 0 Å². The van der Waals surface area contributed by atoms with Crippen LogP contribution in [-0.4, -0.2) is 6.18 Å². The van der Waals surface area contributed by atoms with E-state index in [1.807, 2.05) is 13.8 Å². The Kier molecular flexibility index (Phi) is 4.07. The van der Waals surface area contributed by atoms with Crippen LogP contribution >= 0.6 is 0 Å². The Labute approximate surface area is 70.8 Å². The quantitative estimate of drug-likeness (QED) is 0.565. The summed E-state index contributed by atoms with van der Waals surface area (Å²) in [5.74, 6) is -1.37. The molecular formula is C9H13F3. The van der Waals surface area contributed by atoms with Crippen molar-refractivity contribution < 1.29 is 13.2 Å². The van der Waals surface area contributed by atoms with E-state index in [1.165, 1.54) is 6.08 Å². The van der Waals surface area contributed by atoms with Gasteiger partial charge in [-0.05, 0) is 13.8 Å². The van der Waals surface area contributed by atoms with Crippen LogP contribution in [0.1, 0.15) is 20.8 Å². The summed E-state index contributed by atoms with van der Waals surface area (Å²) in [6, 6.07) is 0. The second kappa shape index (κ2) is 4.33. The average molecular weight is 178 g/mol. The topological polar surface area (TPSA) is 0 Å². The minimum absolute atomic E-state index is 0.987. The Morgan fingerprint density at radius 2 is 1.75 bits per heavy atom. The molecule has 0 amide bonds. The van der Waals surface area contributed by atoms with Gasteiger partial charge < -0.3 is 0 Å². The molecule has 0 saturated heterocycles. The highest BCUT2D eigenvalue weighted by molar-refractivity contribution is 5.09. The third-order valence-electron chi connectivity index (χ3n) is 1.35. The lowest BCUT2D eigenvalue weighted by atomic mass is 10.1. The second-order valence-corrected chi connectivity index (χ2v) is 2.96. The first-order valence-electron chi connectivity index (χ1n) is 3.72. The Bertz CT molecular complexity index is 182. The van der Waals surface area contributed by atoms with Gasteiger partial charge in [-0.3, -0.25) is 0 Å². The fourth-order valence-corrected chi connectivity index (χ4v) is 0.524. The normalized spacial score (nSPS) is 14.8. The molecule has 70 valence electrons. The number of hydrogen-bond donors (Lipinski definition) is 0. The highest BCUT2D eigenvalue weighted by Crippen LogP contribution is 2.26. The van der Waals surface area contributed by atoms with Gasteiger partial charge in [0.05, 0.1) is 5.92 Å². The molecule has 0 bridgehead atoms. The summed E-state index contributed by atoms with van der Waals surface area (Å²) in [7, 11) is 0. The molecule has 0 N–H and O–H groups in total. The van der Waals surface area contributed by atoms with Gasteiger partial charge >= 0.3 is 6.18 Å². The maximum Gasteiger partial charge on any atom is 0.394 e. The van der Waals surface area contributed by atoms with Crippen molar-refractivity contribution in [2.45, 2.75) is 26.9 Å². The predicted octanol–water partition coefficient (Wildman–Crippen LogP) is 3.71. The first kappa shape index (κ1) is 11.3. The summed E-state index contributed by atoms with van der Waals surface area (Å²) in [4.78, 5) is 0. The highest BCUT2D eigenvalue weighted by Gasteiger charge is 2.33. The van der Waals surface area contributed by atoms with Gasteiger partial charge in [-0.25, -0.2) is 0 Å². The molecule has 0 fully saturated rings. The molecule has 0 rings (SSSR count). The van der Waals surface area contributed by atoms with E-state index >= 15 is 0 Å². The Balaban J connectivity index is 4.10. The molecule has 0 unspecified atom stereocenters. The molecule has 0 aromatic rings. The fraction of sp³-hybridized carbons (Fsp3) is 0.556. The van der Waals surface area contributed by atoms with Crippen molar-refractivity contribution in [1.82, 2.24) is 0 Å². The van der Waals surface area contributed by atoms with Crippen LogP contribution in [0.2, 0.25) is 0 Å². The number of allylic oxidation sites excluding steroid dienone is 4. The van der Waals surface area contributed by atoms with Gasteiger partial charge in [0.2, 0.25) is 0 Å². The van der Waals surface area contributed by atoms with Crippen molar-refractivity contribution in [3.8, 4) is 0 Å². The zero-order valence-corrected chi connectivity index (χ0v) is 7.44. The molecule has 0 radical (unpaired) electrons. The van der Waals surface area contributed by atoms with Crippen LogP contribution in [0.15, 0.2) is 23.8 Å². The zero-order chi connectivity index (χ0) is 9.78. The summed E-state index contributed by atoms with van der Waals surface area (Å²) in [5.41, 5.74) is 0.987. The summed E-state index contributed by atoms with van der Waals surface area (Å²) >= 11 is 0. The number of rotatable bonds is 2. The molecule has 0 heterocycles. The van der Waals surface area contributed by atoms with Gasteiger partial charge in [-0.1, -0.05) is 30.7 Å². The maximum atomic E-state index is 11.9. The van der Waals surface area contributed by atoms with Gasteiger partial charge in [0, 0.05) is 0 Å². The lowest BCUT2D eigenvalue weighted by Crippen LogP contribution is -2.17. The molecule has 0 aliphatic heterocycles. The average Bonchev–Trinajstić information content (AvgIpc) is 1.84. The van der Waals surface area contributed by atoms with Crippen molar-refractivity contribution in [3.05, 3.63) is 23.8 Å². The first-order valence-corrected chi connectivity index (χ1v) is 3.72. The SMILES string of the molecule is CC(C)=C/C=C\[C@H](C)C(F)(F)F. The first-order chi connectivity index (χ1) is 5.34. The van der Waals surface area contributed by atoms with Crippen molar-refractivity contribution in [2.75, 3.05) is 0 Å². The van der Waals surface area contributed by atoms with E-state index in [4.69, 9.17) is 0 Å². The molecule has 0 spiro atoms. The molecule has 3 heteroatoms. The predicted molar refractivity (Wildman–Crippen MR) is 43.8 cm³/mol. The van der Waals surface area contributed by atoms with Gasteiger partial charge in [-0.2, -0.15) is 13.2 Å². The molecule has 1 atom stereocenters. The fourth-order valence-electron chi connectivity index (χ4n) is 0.524. The van der Waals surface area contributed by atoms with E-state index in [1.54, 1.807) is 6.08 Å². The minimum atomic E-state index is -4.12. The molecule has 0 aliphatic rings. The summed E-state index contributed by atoms with van der Waals surface area (Å²) in [6.45, 7) is 4.81. The lowest BCUT2D eigenvalue weighted by Gasteiger charge is -2.09. The number of halogens is 3. The third-order valence-corrected chi connectivity index (χ3v) is 1.35. The monoisotopic (exact) mass is 178 g/mol. The van der Waals surface area contributed by atoms with Gasteiger partial charge in [0.15, 0.2) is 0 Å². The van der Waals surface area contributed by atoms with Crippen LogP contribution in [0, 0.1) is 5.92 Å². The Morgan fingerprint density at radius 1 is 1.25 bits per heavy atom. The van der Waals surface area contributed by atoms with Crippen LogP contribution < -0.4 is 0 Å². The molecule has 12 heavy (non-hydrogen) atoms. The standard InChI is InChI=1S/C9H13F3/c1-7(2)5-4-6-8(3)9(10,11)12/h4-6,8H,1-3H3/b6-4-/t8-/m0/s1. The third kappa shape index (κ3) is 4.99. The van der Waals surface area contributed by atoms with Crippen LogP contribution in [0.25, 0.3) is 0 Å². The second-order valence-electron chi connectivity index (χ2n) is 2.96. The van der Waals surface area contributed by atoms with Crippen molar-refractivity contribution in [2.24, 2.45) is 5.92 Å². The van der Waals surface area contributed by atoms with Crippen molar-refractivity contribution >= 4 is 0 Å². The van der Waals surface area contributed by atoms with Crippen molar-refractivity contribution in [1.29, 1.82) is 0 Å². The van der Waals surface area contributed by atoms with Crippen LogP contribution in [0.3, 0.4) is 0 Å². The minimum Gasteiger partial charge on any atom is -0.170 e. The lowest BCUT2D eigenvalue weighted by molar-refractivity contribution is -0.156. The van der Waals surface area contributed by atoms with Crippen LogP contribution in [-0.2, 0) is 0 Å². The van der Waals surface area contributed by atoms with E-state index in [2.05, 4.69) is 0 Å². The Hall–Kier alpha value is -0.730. The van der Waals surface area contributed by atoms with E-state index in [-0.39, 0.29) is 0 Å². The molecule has 0 saturated carbocycles. The van der Waals surface area contributed by atoms with Crippen LogP contribution in [0.4, 0.5) is 13.2 Å². The molecule has 0 aromatic carbocycles. The number of hydrogen-bond acceptors (Lipinski definition) is 0. The van der Waals surface area contributed by atoms with Gasteiger partial charge in [0.1, 0.15) is 0 Å². The number of alkyl halides is 3. The summed E-state index contributed by atoms with van der Waals surface area (Å²) in [6.07, 6.45) is 0.120. The summed E-state index contributed by atoms with van der Waals surface area (Å²) in [5, 5.41) is 0. The Morgan fingerprint density at radius 3 is 2.08 bits per heavy atom.